The number of sulfonamides is 1. The van der Waals surface area contributed by atoms with Crippen molar-refractivity contribution in [3.8, 4) is 0 Å². The molecule has 0 saturated carbocycles. The maximum atomic E-state index is 12.3. The maximum Gasteiger partial charge on any atom is 0.253 e. The van der Waals surface area contributed by atoms with Crippen LogP contribution in [0.4, 0.5) is 0 Å². The fourth-order valence-electron chi connectivity index (χ4n) is 2.39. The summed E-state index contributed by atoms with van der Waals surface area (Å²) in [7, 11) is -3.93. The third-order valence-corrected chi connectivity index (χ3v) is 5.03. The predicted molar refractivity (Wildman–Crippen MR) is 77.1 cm³/mol. The van der Waals surface area contributed by atoms with E-state index < -0.39 is 10.0 Å². The summed E-state index contributed by atoms with van der Waals surface area (Å²) in [6.45, 7) is 3.51. The fourth-order valence-corrected chi connectivity index (χ4v) is 3.46. The van der Waals surface area contributed by atoms with Gasteiger partial charge in [0.05, 0.1) is 5.02 Å². The molecule has 1 saturated heterocycles. The molecule has 1 aromatic carbocycles. The van der Waals surface area contributed by atoms with Crippen molar-refractivity contribution in [1.29, 1.82) is 0 Å². The van der Waals surface area contributed by atoms with E-state index in [1.165, 1.54) is 18.2 Å². The lowest BCUT2D eigenvalue weighted by Gasteiger charge is -2.17. The molecule has 1 aromatic rings. The van der Waals surface area contributed by atoms with Crippen LogP contribution in [0.2, 0.25) is 5.02 Å². The van der Waals surface area contributed by atoms with E-state index in [0.29, 0.717) is 24.6 Å². The van der Waals surface area contributed by atoms with Gasteiger partial charge in [0, 0.05) is 18.7 Å². The van der Waals surface area contributed by atoms with Crippen molar-refractivity contribution in [2.24, 2.45) is 11.1 Å². The number of carbonyl (C=O) groups is 1. The summed E-state index contributed by atoms with van der Waals surface area (Å²) in [6.07, 6.45) is 2.02. The van der Waals surface area contributed by atoms with Crippen molar-refractivity contribution in [2.45, 2.75) is 24.7 Å². The first-order valence-electron chi connectivity index (χ1n) is 6.44. The van der Waals surface area contributed by atoms with Crippen LogP contribution < -0.4 is 5.14 Å². The standard InChI is InChI=1S/C13H17ClN2O3S/c1-2-9-5-6-16(8-9)13(17)10-3-4-11(14)12(7-10)20(15,18)19/h3-4,7,9H,2,5-6,8H2,1H3,(H2,15,18,19). The molecule has 0 aromatic heterocycles. The van der Waals surface area contributed by atoms with Crippen molar-refractivity contribution < 1.29 is 13.2 Å². The number of nitrogens with zero attached hydrogens (tertiary/aromatic N) is 1. The number of carbonyl (C=O) groups excluding carboxylic acids is 1. The molecule has 1 amide bonds. The van der Waals surface area contributed by atoms with E-state index in [9.17, 15) is 13.2 Å². The van der Waals surface area contributed by atoms with Crippen LogP contribution in [-0.2, 0) is 10.0 Å². The average molecular weight is 317 g/mol. The number of likely N-dealkylation sites (tertiary alicyclic amines) is 1. The van der Waals surface area contributed by atoms with Crippen LogP contribution in [0.5, 0.6) is 0 Å². The molecule has 2 rings (SSSR count). The highest BCUT2D eigenvalue weighted by atomic mass is 35.5. The molecule has 5 nitrogen and oxygen atoms in total. The summed E-state index contributed by atoms with van der Waals surface area (Å²) < 4.78 is 22.8. The number of nitrogens with two attached hydrogens (primary N) is 1. The number of hydrogen-bond acceptors (Lipinski definition) is 3. The quantitative estimate of drug-likeness (QED) is 0.924. The van der Waals surface area contributed by atoms with E-state index in [2.05, 4.69) is 6.92 Å². The summed E-state index contributed by atoms with van der Waals surface area (Å²) in [5, 5.41) is 5.11. The van der Waals surface area contributed by atoms with E-state index in [1.807, 2.05) is 0 Å². The summed E-state index contributed by atoms with van der Waals surface area (Å²) in [5.74, 6) is 0.339. The Bertz CT molecular complexity index is 631. The summed E-state index contributed by atoms with van der Waals surface area (Å²) in [4.78, 5) is 13.9. The zero-order valence-corrected chi connectivity index (χ0v) is 12.7. The molecule has 0 bridgehead atoms. The van der Waals surface area contributed by atoms with E-state index in [-0.39, 0.29) is 15.8 Å². The summed E-state index contributed by atoms with van der Waals surface area (Å²) in [6, 6.07) is 4.17. The van der Waals surface area contributed by atoms with Gasteiger partial charge in [-0.25, -0.2) is 13.6 Å². The van der Waals surface area contributed by atoms with Gasteiger partial charge < -0.3 is 4.90 Å². The smallest absolute Gasteiger partial charge is 0.253 e. The summed E-state index contributed by atoms with van der Waals surface area (Å²) >= 11 is 5.81. The van der Waals surface area contributed by atoms with Crippen molar-refractivity contribution in [2.75, 3.05) is 13.1 Å². The molecule has 2 N–H and O–H groups in total. The molecule has 1 aliphatic heterocycles. The number of hydrogen-bond donors (Lipinski definition) is 1. The van der Waals surface area contributed by atoms with Gasteiger partial charge in [0.1, 0.15) is 4.90 Å². The van der Waals surface area contributed by atoms with Crippen LogP contribution in [0.15, 0.2) is 23.1 Å². The normalized spacial score (nSPS) is 19.4. The zero-order chi connectivity index (χ0) is 14.9. The van der Waals surface area contributed by atoms with E-state index in [1.54, 1.807) is 4.90 Å². The molecule has 1 fully saturated rings. The molecule has 1 atom stereocenters. The molecule has 20 heavy (non-hydrogen) atoms. The first-order valence-corrected chi connectivity index (χ1v) is 8.37. The second kappa shape index (κ2) is 5.71. The van der Waals surface area contributed by atoms with Crippen LogP contribution >= 0.6 is 11.6 Å². The third kappa shape index (κ3) is 3.13. The first-order chi connectivity index (χ1) is 9.32. The Morgan fingerprint density at radius 1 is 1.50 bits per heavy atom. The lowest BCUT2D eigenvalue weighted by atomic mass is 10.1. The largest absolute Gasteiger partial charge is 0.338 e. The highest BCUT2D eigenvalue weighted by molar-refractivity contribution is 7.89. The predicted octanol–water partition coefficient (Wildman–Crippen LogP) is 1.86. The minimum Gasteiger partial charge on any atom is -0.338 e. The van der Waals surface area contributed by atoms with Crippen molar-refractivity contribution >= 4 is 27.5 Å². The molecule has 1 aliphatic rings. The van der Waals surface area contributed by atoms with Crippen molar-refractivity contribution in [1.82, 2.24) is 4.90 Å². The van der Waals surface area contributed by atoms with Crippen molar-refractivity contribution in [3.63, 3.8) is 0 Å². The highest BCUT2D eigenvalue weighted by Crippen LogP contribution is 2.25. The molecule has 0 spiro atoms. The van der Waals surface area contributed by atoms with E-state index in [4.69, 9.17) is 16.7 Å². The topological polar surface area (TPSA) is 80.5 Å². The van der Waals surface area contributed by atoms with Gasteiger partial charge in [-0.05, 0) is 30.5 Å². The minimum atomic E-state index is -3.93. The Morgan fingerprint density at radius 2 is 2.20 bits per heavy atom. The van der Waals surface area contributed by atoms with Crippen LogP contribution in [0.1, 0.15) is 30.1 Å². The van der Waals surface area contributed by atoms with Crippen LogP contribution in [-0.4, -0.2) is 32.3 Å². The number of halogens is 1. The van der Waals surface area contributed by atoms with Gasteiger partial charge in [-0.2, -0.15) is 0 Å². The minimum absolute atomic E-state index is 0.0249. The third-order valence-electron chi connectivity index (χ3n) is 3.64. The van der Waals surface area contributed by atoms with Gasteiger partial charge in [-0.3, -0.25) is 4.79 Å². The number of primary sulfonamides is 1. The van der Waals surface area contributed by atoms with Gasteiger partial charge in [0.2, 0.25) is 10.0 Å². The van der Waals surface area contributed by atoms with Crippen LogP contribution in [0, 0.1) is 5.92 Å². The van der Waals surface area contributed by atoms with Gasteiger partial charge in [0.15, 0.2) is 0 Å². The Balaban J connectivity index is 2.28. The molecule has 1 unspecified atom stereocenters. The number of rotatable bonds is 3. The van der Waals surface area contributed by atoms with Crippen LogP contribution in [0.25, 0.3) is 0 Å². The van der Waals surface area contributed by atoms with E-state index in [0.717, 1.165) is 12.8 Å². The Morgan fingerprint density at radius 3 is 2.75 bits per heavy atom. The molecular formula is C13H17ClN2O3S. The first kappa shape index (κ1) is 15.3. The molecular weight excluding hydrogens is 300 g/mol. The lowest BCUT2D eigenvalue weighted by molar-refractivity contribution is 0.0786. The molecule has 0 radical (unpaired) electrons. The molecule has 0 aliphatic carbocycles. The van der Waals surface area contributed by atoms with Crippen LogP contribution in [0.3, 0.4) is 0 Å². The van der Waals surface area contributed by atoms with Gasteiger partial charge in [-0.15, -0.1) is 0 Å². The molecule has 1 heterocycles. The fraction of sp³-hybridized carbons (Fsp3) is 0.462. The Labute approximate surface area is 123 Å². The van der Waals surface area contributed by atoms with E-state index >= 15 is 0 Å². The zero-order valence-electron chi connectivity index (χ0n) is 11.2. The highest BCUT2D eigenvalue weighted by Gasteiger charge is 2.26. The van der Waals surface area contributed by atoms with Crippen molar-refractivity contribution in [3.05, 3.63) is 28.8 Å². The second-order valence-electron chi connectivity index (χ2n) is 5.00. The second-order valence-corrected chi connectivity index (χ2v) is 6.94. The number of amides is 1. The number of benzene rings is 1. The maximum absolute atomic E-state index is 12.3. The Hall–Kier alpha value is -1.11. The monoisotopic (exact) mass is 316 g/mol. The lowest BCUT2D eigenvalue weighted by Crippen LogP contribution is -2.29. The molecule has 7 heteroatoms. The Kier molecular flexibility index (Phi) is 4.36. The van der Waals surface area contributed by atoms with Gasteiger partial charge in [-0.1, -0.05) is 24.9 Å². The average Bonchev–Trinajstić information content (AvgIpc) is 2.86. The van der Waals surface area contributed by atoms with Gasteiger partial charge >= 0.3 is 0 Å². The van der Waals surface area contributed by atoms with Gasteiger partial charge in [0.25, 0.3) is 5.91 Å². The summed E-state index contributed by atoms with van der Waals surface area (Å²) in [5.41, 5.74) is 0.301. The molecule has 110 valence electrons. The SMILES string of the molecule is CCC1CCN(C(=O)c2ccc(Cl)c(S(N)(=O)=O)c2)C1.